The van der Waals surface area contributed by atoms with Crippen LogP contribution in [0.25, 0.3) is 0 Å². The second kappa shape index (κ2) is 8.89. The first-order valence-corrected chi connectivity index (χ1v) is 6.54. The highest BCUT2D eigenvalue weighted by molar-refractivity contribution is 7.85. The van der Waals surface area contributed by atoms with Gasteiger partial charge in [0.1, 0.15) is 0 Å². The van der Waals surface area contributed by atoms with Crippen LogP contribution in [-0.2, 0) is 10.1 Å². The maximum Gasteiger partial charge on any atom is 0.294 e. The van der Waals surface area contributed by atoms with Gasteiger partial charge in [0.15, 0.2) is 0 Å². The van der Waals surface area contributed by atoms with Gasteiger partial charge in [-0.2, -0.15) is 18.6 Å². The third-order valence-corrected chi connectivity index (χ3v) is 3.04. The van der Waals surface area contributed by atoms with E-state index in [0.29, 0.717) is 11.4 Å². The molecule has 0 unspecified atom stereocenters. The van der Waals surface area contributed by atoms with Gasteiger partial charge in [0.05, 0.1) is 16.3 Å². The predicted octanol–water partition coefficient (Wildman–Crippen LogP) is 0.875. The lowest BCUT2D eigenvalue weighted by Gasteiger charge is -1.96. The third kappa shape index (κ3) is 6.21. The number of nitrogens with zero attached hydrogens (tertiary/aromatic N) is 2. The van der Waals surface area contributed by atoms with Gasteiger partial charge in [-0.05, 0) is 36.4 Å². The summed E-state index contributed by atoms with van der Waals surface area (Å²) >= 11 is 0. The van der Waals surface area contributed by atoms with Crippen molar-refractivity contribution in [3.63, 3.8) is 0 Å². The van der Waals surface area contributed by atoms with E-state index in [0.717, 1.165) is 0 Å². The van der Waals surface area contributed by atoms with E-state index in [1.807, 2.05) is 18.2 Å². The summed E-state index contributed by atoms with van der Waals surface area (Å²) in [4.78, 5) is -0.166. The smallest absolute Gasteiger partial charge is 0.294 e. The molecule has 0 aliphatic carbocycles. The van der Waals surface area contributed by atoms with Crippen LogP contribution in [0.1, 0.15) is 0 Å². The lowest BCUT2D eigenvalue weighted by Crippen LogP contribution is -1.96. The Labute approximate surface area is 121 Å². The Balaban J connectivity index is 0. The van der Waals surface area contributed by atoms with E-state index in [2.05, 4.69) is 10.2 Å². The zero-order valence-corrected chi connectivity index (χ0v) is 11.6. The molecule has 0 heterocycles. The van der Waals surface area contributed by atoms with Crippen molar-refractivity contribution >= 4 is 21.5 Å². The van der Waals surface area contributed by atoms with Crippen molar-refractivity contribution in [2.75, 3.05) is 0 Å². The largest absolute Gasteiger partial charge is 0.412 e. The maximum absolute atomic E-state index is 10.8. The Morgan fingerprint density at radius 2 is 1.14 bits per heavy atom. The standard InChI is InChI=1S/C12H10N2O3S.3H2O/c15-18(16,17)12-8-6-11(7-9-12)14-13-10-4-2-1-3-5-10;;;/h1-9H,(H,15,16,17);3*1H2. The summed E-state index contributed by atoms with van der Waals surface area (Å²) in [5.74, 6) is 0. The second-order valence-electron chi connectivity index (χ2n) is 3.50. The zero-order chi connectivity index (χ0) is 13.0. The van der Waals surface area contributed by atoms with Crippen molar-refractivity contribution in [2.24, 2.45) is 10.2 Å². The highest BCUT2D eigenvalue weighted by Crippen LogP contribution is 2.19. The number of benzene rings is 2. The average Bonchev–Trinajstić information content (AvgIpc) is 2.37. The molecular formula is C12H16N2O6S. The molecule has 0 aromatic heterocycles. The monoisotopic (exact) mass is 316 g/mol. The first-order valence-electron chi connectivity index (χ1n) is 5.10. The van der Waals surface area contributed by atoms with Crippen LogP contribution in [-0.4, -0.2) is 29.4 Å². The number of rotatable bonds is 3. The van der Waals surface area contributed by atoms with Crippen molar-refractivity contribution in [2.45, 2.75) is 4.90 Å². The first kappa shape index (κ1) is 21.1. The van der Waals surface area contributed by atoms with Crippen LogP contribution in [0.3, 0.4) is 0 Å². The lowest BCUT2D eigenvalue weighted by molar-refractivity contribution is 0.483. The van der Waals surface area contributed by atoms with Crippen LogP contribution in [0, 0.1) is 0 Å². The first-order chi connectivity index (χ1) is 8.55. The zero-order valence-electron chi connectivity index (χ0n) is 10.8. The molecule has 0 spiro atoms. The Morgan fingerprint density at radius 1 is 0.714 bits per heavy atom. The van der Waals surface area contributed by atoms with Crippen molar-refractivity contribution in [1.82, 2.24) is 0 Å². The molecule has 2 aromatic carbocycles. The molecule has 0 bridgehead atoms. The van der Waals surface area contributed by atoms with Gasteiger partial charge in [0, 0.05) is 0 Å². The van der Waals surface area contributed by atoms with Crippen molar-refractivity contribution < 1.29 is 29.4 Å². The van der Waals surface area contributed by atoms with Gasteiger partial charge in [0.2, 0.25) is 0 Å². The van der Waals surface area contributed by atoms with Crippen molar-refractivity contribution in [3.05, 3.63) is 54.6 Å². The highest BCUT2D eigenvalue weighted by Gasteiger charge is 2.07. The van der Waals surface area contributed by atoms with E-state index in [4.69, 9.17) is 4.55 Å². The molecule has 0 atom stereocenters. The molecule has 116 valence electrons. The van der Waals surface area contributed by atoms with Crippen LogP contribution in [0.4, 0.5) is 11.4 Å². The molecule has 0 fully saturated rings. The summed E-state index contributed by atoms with van der Waals surface area (Å²) < 4.78 is 30.5. The molecular weight excluding hydrogens is 300 g/mol. The Hall–Kier alpha value is -2.17. The van der Waals surface area contributed by atoms with E-state index in [9.17, 15) is 8.42 Å². The average molecular weight is 316 g/mol. The Kier molecular flexibility index (Phi) is 8.95. The topological polar surface area (TPSA) is 174 Å². The molecule has 8 nitrogen and oxygen atoms in total. The molecule has 7 N–H and O–H groups in total. The molecule has 0 radical (unpaired) electrons. The summed E-state index contributed by atoms with van der Waals surface area (Å²) in [7, 11) is -4.16. The van der Waals surface area contributed by atoms with Gasteiger partial charge >= 0.3 is 0 Å². The molecule has 0 aliphatic heterocycles. The van der Waals surface area contributed by atoms with E-state index in [-0.39, 0.29) is 21.3 Å². The fourth-order valence-electron chi connectivity index (χ4n) is 1.29. The highest BCUT2D eigenvalue weighted by atomic mass is 32.2. The number of azo groups is 1. The molecule has 2 aromatic rings. The molecule has 0 saturated heterocycles. The van der Waals surface area contributed by atoms with E-state index < -0.39 is 10.1 Å². The van der Waals surface area contributed by atoms with Gasteiger partial charge in [0.25, 0.3) is 10.1 Å². The number of hydrogen-bond acceptors (Lipinski definition) is 4. The van der Waals surface area contributed by atoms with Crippen LogP contribution in [0.5, 0.6) is 0 Å². The van der Waals surface area contributed by atoms with Crippen LogP contribution >= 0.6 is 0 Å². The minimum absolute atomic E-state index is 0. The Bertz CT molecular complexity index is 656. The fourth-order valence-corrected chi connectivity index (χ4v) is 1.77. The van der Waals surface area contributed by atoms with E-state index >= 15 is 0 Å². The van der Waals surface area contributed by atoms with Crippen LogP contribution < -0.4 is 0 Å². The minimum Gasteiger partial charge on any atom is -0.412 e. The SMILES string of the molecule is O.O.O.O=S(=O)(O)c1ccc(N=Nc2ccccc2)cc1. The molecule has 0 aliphatic rings. The third-order valence-electron chi connectivity index (χ3n) is 2.17. The lowest BCUT2D eigenvalue weighted by atomic mass is 10.3. The normalized spacial score (nSPS) is 10.1. The number of hydrogen-bond donors (Lipinski definition) is 1. The van der Waals surface area contributed by atoms with E-state index in [1.54, 1.807) is 12.1 Å². The summed E-state index contributed by atoms with van der Waals surface area (Å²) in [5.41, 5.74) is 1.21. The maximum atomic E-state index is 10.8. The van der Waals surface area contributed by atoms with Crippen molar-refractivity contribution in [1.29, 1.82) is 0 Å². The van der Waals surface area contributed by atoms with Gasteiger partial charge < -0.3 is 16.4 Å². The fraction of sp³-hybridized carbons (Fsp3) is 0. The summed E-state index contributed by atoms with van der Waals surface area (Å²) in [6.45, 7) is 0. The summed E-state index contributed by atoms with van der Waals surface area (Å²) in [6, 6.07) is 14.6. The van der Waals surface area contributed by atoms with Gasteiger partial charge in [-0.15, -0.1) is 0 Å². The molecule has 2 rings (SSSR count). The summed E-state index contributed by atoms with van der Waals surface area (Å²) in [5, 5.41) is 7.93. The molecule has 0 amide bonds. The molecule has 0 saturated carbocycles. The Morgan fingerprint density at radius 3 is 1.57 bits per heavy atom. The van der Waals surface area contributed by atoms with Crippen LogP contribution in [0.15, 0.2) is 69.7 Å². The predicted molar refractivity (Wildman–Crippen MR) is 77.7 cm³/mol. The van der Waals surface area contributed by atoms with Gasteiger partial charge in [-0.1, -0.05) is 18.2 Å². The molecule has 21 heavy (non-hydrogen) atoms. The molecule has 9 heteroatoms. The van der Waals surface area contributed by atoms with E-state index in [1.165, 1.54) is 24.3 Å². The van der Waals surface area contributed by atoms with Crippen molar-refractivity contribution in [3.8, 4) is 0 Å². The minimum atomic E-state index is -4.16. The van der Waals surface area contributed by atoms with Crippen LogP contribution in [0.2, 0.25) is 0 Å². The van der Waals surface area contributed by atoms with Gasteiger partial charge in [-0.3, -0.25) is 4.55 Å². The van der Waals surface area contributed by atoms with Gasteiger partial charge in [-0.25, -0.2) is 0 Å². The second-order valence-corrected chi connectivity index (χ2v) is 4.93. The summed E-state index contributed by atoms with van der Waals surface area (Å²) in [6.07, 6.45) is 0. The quantitative estimate of drug-likeness (QED) is 0.654.